The van der Waals surface area contributed by atoms with Crippen molar-refractivity contribution >= 4 is 5.91 Å². The molecule has 0 saturated carbocycles. The molecule has 0 saturated heterocycles. The molecule has 2 rings (SSSR count). The van der Waals surface area contributed by atoms with Crippen molar-refractivity contribution < 1.29 is 23.0 Å². The highest BCUT2D eigenvalue weighted by atomic mass is 19.1. The highest BCUT2D eigenvalue weighted by Crippen LogP contribution is 2.19. The zero-order valence-corrected chi connectivity index (χ0v) is 13.5. The first-order valence-electron chi connectivity index (χ1n) is 7.42. The number of hydrogen-bond donors (Lipinski definition) is 1. The molecule has 0 radical (unpaired) electrons. The van der Waals surface area contributed by atoms with E-state index < -0.39 is 23.6 Å². The van der Waals surface area contributed by atoms with Crippen molar-refractivity contribution in [2.45, 2.75) is 6.04 Å². The van der Waals surface area contributed by atoms with Crippen LogP contribution < -0.4 is 10.1 Å². The minimum atomic E-state index is -1.24. The number of halogens is 2. The number of benzene rings is 2. The van der Waals surface area contributed by atoms with Gasteiger partial charge in [-0.15, -0.1) is 0 Å². The van der Waals surface area contributed by atoms with E-state index in [2.05, 4.69) is 5.32 Å². The Labute approximate surface area is 143 Å². The predicted octanol–water partition coefficient (Wildman–Crippen LogP) is 2.98. The third-order valence-electron chi connectivity index (χ3n) is 3.33. The van der Waals surface area contributed by atoms with Gasteiger partial charge in [0.15, 0.2) is 0 Å². The van der Waals surface area contributed by atoms with Crippen LogP contribution >= 0.6 is 0 Å². The van der Waals surface area contributed by atoms with Gasteiger partial charge in [0.1, 0.15) is 30.0 Å². The van der Waals surface area contributed by atoms with E-state index in [0.29, 0.717) is 25.0 Å². The van der Waals surface area contributed by atoms with Gasteiger partial charge in [0, 0.05) is 24.3 Å². The van der Waals surface area contributed by atoms with Gasteiger partial charge in [-0.3, -0.25) is 4.79 Å². The molecular weight excluding hydrogens is 330 g/mol. The molecule has 5 nitrogen and oxygen atoms in total. The third kappa shape index (κ3) is 4.99. The van der Waals surface area contributed by atoms with E-state index in [4.69, 9.17) is 9.47 Å². The van der Waals surface area contributed by atoms with Gasteiger partial charge in [0.25, 0.3) is 5.91 Å². The van der Waals surface area contributed by atoms with Gasteiger partial charge in [0.05, 0.1) is 12.7 Å². The van der Waals surface area contributed by atoms with Gasteiger partial charge in [-0.05, 0) is 24.3 Å². The fraction of sp³-hybridized carbons (Fsp3) is 0.222. The van der Waals surface area contributed by atoms with Crippen molar-refractivity contribution in [3.05, 3.63) is 65.2 Å². The molecule has 0 heterocycles. The van der Waals surface area contributed by atoms with Crippen LogP contribution in [0, 0.1) is 23.0 Å². The van der Waals surface area contributed by atoms with Crippen LogP contribution in [-0.2, 0) is 4.74 Å². The first-order chi connectivity index (χ1) is 12.0. The summed E-state index contributed by atoms with van der Waals surface area (Å²) in [7, 11) is 1.55. The van der Waals surface area contributed by atoms with Crippen molar-refractivity contribution in [2.24, 2.45) is 0 Å². The molecule has 0 aliphatic carbocycles. The molecule has 0 aromatic heterocycles. The standard InChI is InChI=1S/C18H16F2N2O3/c1-24-7-8-25-14-4-2-3-12(9-14)18(23)22-17(11-21)15-6-5-13(19)10-16(15)20/h2-6,9-10,17H,7-8H2,1H3,(H,22,23)/t17-/m1/s1. The van der Waals surface area contributed by atoms with Gasteiger partial charge in [-0.2, -0.15) is 5.26 Å². The van der Waals surface area contributed by atoms with E-state index in [1.165, 1.54) is 12.1 Å². The lowest BCUT2D eigenvalue weighted by Crippen LogP contribution is -2.28. The number of nitriles is 1. The van der Waals surface area contributed by atoms with Crippen LogP contribution in [0.25, 0.3) is 0 Å². The van der Waals surface area contributed by atoms with Crippen molar-refractivity contribution in [1.82, 2.24) is 5.32 Å². The number of nitrogens with one attached hydrogen (secondary N) is 1. The van der Waals surface area contributed by atoms with E-state index in [9.17, 15) is 18.8 Å². The number of nitrogens with zero attached hydrogens (tertiary/aromatic N) is 1. The fourth-order valence-electron chi connectivity index (χ4n) is 2.10. The first-order valence-corrected chi connectivity index (χ1v) is 7.42. The lowest BCUT2D eigenvalue weighted by atomic mass is 10.1. The van der Waals surface area contributed by atoms with E-state index >= 15 is 0 Å². The lowest BCUT2D eigenvalue weighted by molar-refractivity contribution is 0.0944. The van der Waals surface area contributed by atoms with Gasteiger partial charge in [-0.1, -0.05) is 12.1 Å². The Bertz CT molecular complexity index is 790. The molecule has 7 heteroatoms. The molecule has 130 valence electrons. The van der Waals surface area contributed by atoms with E-state index in [1.54, 1.807) is 25.3 Å². The summed E-state index contributed by atoms with van der Waals surface area (Å²) >= 11 is 0. The molecule has 0 fully saturated rings. The molecular formula is C18H16F2N2O3. The van der Waals surface area contributed by atoms with Crippen molar-refractivity contribution in [1.29, 1.82) is 5.26 Å². The average molecular weight is 346 g/mol. The van der Waals surface area contributed by atoms with E-state index in [0.717, 1.165) is 12.1 Å². The molecule has 1 atom stereocenters. The normalized spacial score (nSPS) is 11.4. The largest absolute Gasteiger partial charge is 0.491 e. The van der Waals surface area contributed by atoms with Crippen molar-refractivity contribution in [2.75, 3.05) is 20.3 Å². The van der Waals surface area contributed by atoms with E-state index in [1.807, 2.05) is 0 Å². The number of carbonyl (C=O) groups is 1. The third-order valence-corrected chi connectivity index (χ3v) is 3.33. The monoisotopic (exact) mass is 346 g/mol. The maximum atomic E-state index is 13.8. The average Bonchev–Trinajstić information content (AvgIpc) is 2.60. The second-order valence-corrected chi connectivity index (χ2v) is 5.07. The maximum Gasteiger partial charge on any atom is 0.252 e. The maximum absolute atomic E-state index is 13.8. The summed E-state index contributed by atoms with van der Waals surface area (Å²) in [6.45, 7) is 0.722. The number of ether oxygens (including phenoxy) is 2. The molecule has 0 unspecified atom stereocenters. The van der Waals surface area contributed by atoms with Gasteiger partial charge < -0.3 is 14.8 Å². The summed E-state index contributed by atoms with van der Waals surface area (Å²) < 4.78 is 37.1. The molecule has 1 N–H and O–H groups in total. The number of methoxy groups -OCH3 is 1. The van der Waals surface area contributed by atoms with Crippen LogP contribution in [0.4, 0.5) is 8.78 Å². The number of rotatable bonds is 7. The predicted molar refractivity (Wildman–Crippen MR) is 86.0 cm³/mol. The Hall–Kier alpha value is -2.98. The summed E-state index contributed by atoms with van der Waals surface area (Å²) in [5.74, 6) is -1.77. The lowest BCUT2D eigenvalue weighted by Gasteiger charge is -2.13. The molecule has 25 heavy (non-hydrogen) atoms. The van der Waals surface area contributed by atoms with Gasteiger partial charge in [-0.25, -0.2) is 8.78 Å². The zero-order valence-electron chi connectivity index (χ0n) is 13.5. The Morgan fingerprint density at radius 1 is 1.24 bits per heavy atom. The van der Waals surface area contributed by atoms with Crippen LogP contribution in [0.5, 0.6) is 5.75 Å². The Morgan fingerprint density at radius 3 is 2.72 bits per heavy atom. The van der Waals surface area contributed by atoms with Gasteiger partial charge in [0.2, 0.25) is 0 Å². The van der Waals surface area contributed by atoms with Crippen LogP contribution in [-0.4, -0.2) is 26.2 Å². The quantitative estimate of drug-likeness (QED) is 0.783. The SMILES string of the molecule is COCCOc1cccc(C(=O)N[C@H](C#N)c2ccc(F)cc2F)c1. The molecule has 2 aromatic rings. The minimum absolute atomic E-state index is 0.107. The molecule has 0 bridgehead atoms. The van der Waals surface area contributed by atoms with Gasteiger partial charge >= 0.3 is 0 Å². The first kappa shape index (κ1) is 18.4. The second kappa shape index (κ2) is 8.76. The summed E-state index contributed by atoms with van der Waals surface area (Å²) in [4.78, 5) is 12.3. The van der Waals surface area contributed by atoms with Crippen molar-refractivity contribution in [3.63, 3.8) is 0 Å². The molecule has 0 spiro atoms. The molecule has 1 amide bonds. The minimum Gasteiger partial charge on any atom is -0.491 e. The molecule has 2 aromatic carbocycles. The van der Waals surface area contributed by atoms with Crippen molar-refractivity contribution in [3.8, 4) is 11.8 Å². The van der Waals surface area contributed by atoms with Crippen LogP contribution in [0.2, 0.25) is 0 Å². The number of hydrogen-bond acceptors (Lipinski definition) is 4. The zero-order chi connectivity index (χ0) is 18.2. The fourth-order valence-corrected chi connectivity index (χ4v) is 2.10. The Balaban J connectivity index is 2.12. The van der Waals surface area contributed by atoms with E-state index in [-0.39, 0.29) is 11.1 Å². The summed E-state index contributed by atoms with van der Waals surface area (Å²) in [5.41, 5.74) is 0.141. The number of carbonyl (C=O) groups excluding carboxylic acids is 1. The smallest absolute Gasteiger partial charge is 0.252 e. The Kier molecular flexibility index (Phi) is 6.43. The topological polar surface area (TPSA) is 71.3 Å². The van der Waals surface area contributed by atoms with Crippen LogP contribution in [0.1, 0.15) is 22.0 Å². The summed E-state index contributed by atoms with van der Waals surface area (Å²) in [6, 6.07) is 9.70. The Morgan fingerprint density at radius 2 is 2.04 bits per heavy atom. The number of amides is 1. The molecule has 0 aliphatic heterocycles. The summed E-state index contributed by atoms with van der Waals surface area (Å²) in [5, 5.41) is 11.6. The second-order valence-electron chi connectivity index (χ2n) is 5.07. The van der Waals surface area contributed by atoms with Crippen LogP contribution in [0.3, 0.4) is 0 Å². The highest BCUT2D eigenvalue weighted by molar-refractivity contribution is 5.95. The van der Waals surface area contributed by atoms with Crippen LogP contribution in [0.15, 0.2) is 42.5 Å². The summed E-state index contributed by atoms with van der Waals surface area (Å²) in [6.07, 6.45) is 0. The molecule has 0 aliphatic rings. The highest BCUT2D eigenvalue weighted by Gasteiger charge is 2.19.